The van der Waals surface area contributed by atoms with Gasteiger partial charge in [-0.2, -0.15) is 0 Å². The van der Waals surface area contributed by atoms with E-state index in [-0.39, 0.29) is 6.10 Å². The van der Waals surface area contributed by atoms with Crippen molar-refractivity contribution in [3.8, 4) is 6.01 Å². The Bertz CT molecular complexity index is 542. The molecule has 1 aromatic heterocycles. The molecule has 0 spiro atoms. The third-order valence-corrected chi connectivity index (χ3v) is 3.57. The number of aromatic nitrogens is 2. The van der Waals surface area contributed by atoms with Gasteiger partial charge in [0.05, 0.1) is 4.47 Å². The summed E-state index contributed by atoms with van der Waals surface area (Å²) in [6, 6.07) is 8.89. The van der Waals surface area contributed by atoms with E-state index in [0.29, 0.717) is 6.01 Å². The van der Waals surface area contributed by atoms with Crippen LogP contribution in [0.2, 0.25) is 0 Å². The molecule has 0 radical (unpaired) electrons. The molecule has 1 aliphatic rings. The largest absolute Gasteiger partial charge is 0.455 e. The second kappa shape index (κ2) is 5.06. The van der Waals surface area contributed by atoms with Crippen LogP contribution in [0.15, 0.2) is 41.1 Å². The van der Waals surface area contributed by atoms with Gasteiger partial charge in [0.25, 0.3) is 0 Å². The Morgan fingerprint density at radius 3 is 2.78 bits per heavy atom. The maximum absolute atomic E-state index is 5.89. The van der Waals surface area contributed by atoms with Crippen LogP contribution in [-0.2, 0) is 6.42 Å². The van der Waals surface area contributed by atoms with E-state index in [0.717, 1.165) is 23.7 Å². The molecule has 0 aliphatic heterocycles. The second-order valence-corrected chi connectivity index (χ2v) is 5.30. The van der Waals surface area contributed by atoms with Gasteiger partial charge >= 0.3 is 6.01 Å². The maximum Gasteiger partial charge on any atom is 0.316 e. The summed E-state index contributed by atoms with van der Waals surface area (Å²) in [7, 11) is 0. The number of fused-ring (bicyclic) bond motifs is 1. The molecule has 0 N–H and O–H groups in total. The number of benzene rings is 1. The minimum atomic E-state index is 0.0797. The number of aryl methyl sites for hydroxylation is 1. The lowest BCUT2D eigenvalue weighted by molar-refractivity contribution is 0.167. The molecule has 18 heavy (non-hydrogen) atoms. The summed E-state index contributed by atoms with van der Waals surface area (Å²) in [5, 5.41) is 0. The molecule has 0 amide bonds. The number of nitrogens with zero attached hydrogens (tertiary/aromatic N) is 2. The first kappa shape index (κ1) is 11.7. The fourth-order valence-corrected chi connectivity index (χ4v) is 2.53. The van der Waals surface area contributed by atoms with E-state index in [4.69, 9.17) is 4.74 Å². The molecular weight excluding hydrogens is 292 g/mol. The zero-order chi connectivity index (χ0) is 12.4. The second-order valence-electron chi connectivity index (χ2n) is 4.38. The van der Waals surface area contributed by atoms with E-state index >= 15 is 0 Å². The molecule has 2 aromatic rings. The van der Waals surface area contributed by atoms with E-state index in [1.165, 1.54) is 11.1 Å². The number of hydrogen-bond acceptors (Lipinski definition) is 3. The van der Waals surface area contributed by atoms with Crippen LogP contribution in [0.1, 0.15) is 30.1 Å². The van der Waals surface area contributed by atoms with E-state index in [2.05, 4.69) is 50.2 Å². The monoisotopic (exact) mass is 304 g/mol. The normalized spacial score (nSPS) is 18.2. The Labute approximate surface area is 114 Å². The van der Waals surface area contributed by atoms with E-state index in [1.54, 1.807) is 12.4 Å². The summed E-state index contributed by atoms with van der Waals surface area (Å²) in [5.74, 6) is 0. The van der Waals surface area contributed by atoms with Crippen LogP contribution in [0, 0.1) is 0 Å². The summed E-state index contributed by atoms with van der Waals surface area (Å²) >= 11 is 3.32. The molecule has 1 unspecified atom stereocenters. The standard InChI is InChI=1S/C14H13BrN2O/c15-11-8-16-14(17-9-11)18-13-7-3-5-10-4-1-2-6-12(10)13/h1-2,4,6,8-9,13H,3,5,7H2. The third kappa shape index (κ3) is 2.38. The van der Waals surface area contributed by atoms with Crippen LogP contribution < -0.4 is 4.74 Å². The van der Waals surface area contributed by atoms with Gasteiger partial charge < -0.3 is 4.74 Å². The summed E-state index contributed by atoms with van der Waals surface area (Å²) in [6.07, 6.45) is 6.80. The van der Waals surface area contributed by atoms with Gasteiger partial charge in [-0.3, -0.25) is 0 Å². The smallest absolute Gasteiger partial charge is 0.316 e. The van der Waals surface area contributed by atoms with E-state index in [9.17, 15) is 0 Å². The van der Waals surface area contributed by atoms with Gasteiger partial charge in [-0.25, -0.2) is 9.97 Å². The summed E-state index contributed by atoms with van der Waals surface area (Å²) in [6.45, 7) is 0. The first-order valence-electron chi connectivity index (χ1n) is 6.05. The lowest BCUT2D eigenvalue weighted by Gasteiger charge is -2.25. The number of hydrogen-bond donors (Lipinski definition) is 0. The van der Waals surface area contributed by atoms with Crippen molar-refractivity contribution in [1.29, 1.82) is 0 Å². The molecule has 1 aromatic carbocycles. The Hall–Kier alpha value is -1.42. The summed E-state index contributed by atoms with van der Waals surface area (Å²) in [4.78, 5) is 8.33. The quantitative estimate of drug-likeness (QED) is 0.848. The van der Waals surface area contributed by atoms with Gasteiger partial charge in [-0.1, -0.05) is 24.3 Å². The van der Waals surface area contributed by atoms with Crippen molar-refractivity contribution in [2.24, 2.45) is 0 Å². The predicted molar refractivity (Wildman–Crippen MR) is 72.5 cm³/mol. The summed E-state index contributed by atoms with van der Waals surface area (Å²) in [5.41, 5.74) is 2.65. The highest BCUT2D eigenvalue weighted by Gasteiger charge is 2.21. The van der Waals surface area contributed by atoms with E-state index in [1.807, 2.05) is 0 Å². The van der Waals surface area contributed by atoms with Gasteiger partial charge in [0.1, 0.15) is 6.10 Å². The highest BCUT2D eigenvalue weighted by molar-refractivity contribution is 9.10. The fraction of sp³-hybridized carbons (Fsp3) is 0.286. The molecule has 0 fully saturated rings. The molecule has 92 valence electrons. The number of rotatable bonds is 2. The fourth-order valence-electron chi connectivity index (χ4n) is 2.32. The topological polar surface area (TPSA) is 35.0 Å². The number of ether oxygens (including phenoxy) is 1. The minimum Gasteiger partial charge on any atom is -0.455 e. The molecule has 0 bridgehead atoms. The molecular formula is C14H13BrN2O. The van der Waals surface area contributed by atoms with Crippen LogP contribution in [0.3, 0.4) is 0 Å². The lowest BCUT2D eigenvalue weighted by Crippen LogP contribution is -2.16. The molecule has 1 heterocycles. The predicted octanol–water partition coefficient (Wildman–Crippen LogP) is 3.70. The molecule has 4 heteroatoms. The first-order chi connectivity index (χ1) is 8.83. The van der Waals surface area contributed by atoms with Crippen molar-refractivity contribution >= 4 is 15.9 Å². The van der Waals surface area contributed by atoms with Gasteiger partial charge in [0, 0.05) is 12.4 Å². The average molecular weight is 305 g/mol. The van der Waals surface area contributed by atoms with Crippen molar-refractivity contribution in [3.63, 3.8) is 0 Å². The molecule has 0 saturated carbocycles. The maximum atomic E-state index is 5.89. The van der Waals surface area contributed by atoms with Crippen molar-refractivity contribution in [1.82, 2.24) is 9.97 Å². The number of halogens is 1. The van der Waals surface area contributed by atoms with Gasteiger partial charge in [0.15, 0.2) is 0 Å². The van der Waals surface area contributed by atoms with Crippen molar-refractivity contribution in [3.05, 3.63) is 52.3 Å². The average Bonchev–Trinajstić information content (AvgIpc) is 2.42. The van der Waals surface area contributed by atoms with Crippen molar-refractivity contribution < 1.29 is 4.74 Å². The lowest BCUT2D eigenvalue weighted by atomic mass is 9.89. The molecule has 1 aliphatic carbocycles. The Balaban J connectivity index is 1.84. The molecule has 3 rings (SSSR count). The zero-order valence-electron chi connectivity index (χ0n) is 9.84. The highest BCUT2D eigenvalue weighted by atomic mass is 79.9. The first-order valence-corrected chi connectivity index (χ1v) is 6.84. The van der Waals surface area contributed by atoms with Gasteiger partial charge in [0.2, 0.25) is 0 Å². The van der Waals surface area contributed by atoms with E-state index < -0.39 is 0 Å². The SMILES string of the molecule is Brc1cnc(OC2CCCc3ccccc32)nc1. The van der Waals surface area contributed by atoms with Gasteiger partial charge in [-0.15, -0.1) is 0 Å². The van der Waals surface area contributed by atoms with Gasteiger partial charge in [-0.05, 0) is 46.3 Å². The molecule has 0 saturated heterocycles. The highest BCUT2D eigenvalue weighted by Crippen LogP contribution is 2.32. The molecule has 1 atom stereocenters. The summed E-state index contributed by atoms with van der Waals surface area (Å²) < 4.78 is 6.75. The van der Waals surface area contributed by atoms with Crippen LogP contribution in [0.4, 0.5) is 0 Å². The molecule has 3 nitrogen and oxygen atoms in total. The van der Waals surface area contributed by atoms with Crippen LogP contribution in [-0.4, -0.2) is 9.97 Å². The van der Waals surface area contributed by atoms with Crippen molar-refractivity contribution in [2.75, 3.05) is 0 Å². The third-order valence-electron chi connectivity index (χ3n) is 3.16. The van der Waals surface area contributed by atoms with Crippen LogP contribution in [0.25, 0.3) is 0 Å². The Morgan fingerprint density at radius 2 is 1.94 bits per heavy atom. The van der Waals surface area contributed by atoms with Crippen LogP contribution in [0.5, 0.6) is 6.01 Å². The Morgan fingerprint density at radius 1 is 1.17 bits per heavy atom. The Kier molecular flexibility index (Phi) is 3.28. The van der Waals surface area contributed by atoms with Crippen molar-refractivity contribution in [2.45, 2.75) is 25.4 Å². The van der Waals surface area contributed by atoms with Crippen LogP contribution >= 0.6 is 15.9 Å². The minimum absolute atomic E-state index is 0.0797. The zero-order valence-corrected chi connectivity index (χ0v) is 11.4.